The van der Waals surface area contributed by atoms with Crippen LogP contribution in [0.25, 0.3) is 0 Å². The third kappa shape index (κ3) is 0.726. The van der Waals surface area contributed by atoms with Crippen LogP contribution in [0.15, 0.2) is 0 Å². The number of carbonyl (C=O) groups excluding carboxylic acids is 1. The summed E-state index contributed by atoms with van der Waals surface area (Å²) >= 11 is 0. The van der Waals surface area contributed by atoms with E-state index in [4.69, 9.17) is 15.3 Å². The number of esters is 1. The Kier molecular flexibility index (Phi) is 1.56. The van der Waals surface area contributed by atoms with E-state index in [2.05, 4.69) is 9.47 Å². The molecule has 8 nitrogen and oxygen atoms in total. The molecule has 14 heavy (non-hydrogen) atoms. The monoisotopic (exact) mass is 207 g/mol. The summed E-state index contributed by atoms with van der Waals surface area (Å²) in [6.45, 7) is -0.594. The second kappa shape index (κ2) is 2.24. The molecular formula is C6H8O8. The lowest BCUT2D eigenvalue weighted by atomic mass is 9.86. The normalized spacial score (nSPS) is 50.4. The molecule has 0 spiro atoms. The Hall–Kier alpha value is -0.770. The van der Waals surface area contributed by atoms with Crippen LogP contribution in [-0.2, 0) is 14.3 Å². The molecule has 0 aliphatic carbocycles. The predicted molar refractivity (Wildman–Crippen MR) is 35.1 cm³/mol. The first-order valence-corrected chi connectivity index (χ1v) is 3.70. The van der Waals surface area contributed by atoms with Crippen molar-refractivity contribution < 1.29 is 39.8 Å². The van der Waals surface area contributed by atoms with Crippen molar-refractivity contribution in [2.45, 2.75) is 23.5 Å². The van der Waals surface area contributed by atoms with E-state index in [1.807, 2.05) is 0 Å². The first kappa shape index (κ1) is 9.77. The van der Waals surface area contributed by atoms with Gasteiger partial charge in [-0.1, -0.05) is 0 Å². The quantitative estimate of drug-likeness (QED) is 0.200. The van der Waals surface area contributed by atoms with E-state index in [9.17, 15) is 15.0 Å². The molecule has 0 amide bonds. The number of aliphatic hydroxyl groups excluding tert-OH is 1. The van der Waals surface area contributed by atoms with Crippen LogP contribution in [0.3, 0.4) is 0 Å². The van der Waals surface area contributed by atoms with Crippen molar-refractivity contribution in [1.82, 2.24) is 0 Å². The highest BCUT2D eigenvalue weighted by Crippen LogP contribution is 2.47. The van der Waals surface area contributed by atoms with Gasteiger partial charge < -0.3 is 35.0 Å². The van der Waals surface area contributed by atoms with Gasteiger partial charge in [0.1, 0.15) is 6.10 Å². The van der Waals surface area contributed by atoms with Crippen molar-refractivity contribution in [3.8, 4) is 0 Å². The zero-order valence-electron chi connectivity index (χ0n) is 6.75. The second-order valence-electron chi connectivity index (χ2n) is 3.23. The summed E-state index contributed by atoms with van der Waals surface area (Å²) in [5.41, 5.74) is 0. The zero-order chi connectivity index (χ0) is 10.8. The molecular weight excluding hydrogens is 199 g/mol. The molecule has 2 heterocycles. The molecule has 0 radical (unpaired) electrons. The Morgan fingerprint density at radius 3 is 2.36 bits per heavy atom. The highest BCUT2D eigenvalue weighted by molar-refractivity contribution is 5.82. The molecule has 3 atom stereocenters. The van der Waals surface area contributed by atoms with Crippen LogP contribution >= 0.6 is 0 Å². The van der Waals surface area contributed by atoms with Gasteiger partial charge in [-0.2, -0.15) is 0 Å². The molecule has 2 aliphatic heterocycles. The molecule has 2 saturated heterocycles. The molecule has 0 unspecified atom stereocenters. The van der Waals surface area contributed by atoms with E-state index in [-0.39, 0.29) is 0 Å². The Balaban J connectivity index is 2.53. The molecule has 0 aromatic rings. The van der Waals surface area contributed by atoms with Gasteiger partial charge in [0.15, 0.2) is 0 Å². The van der Waals surface area contributed by atoms with Gasteiger partial charge in [-0.05, 0) is 0 Å². The van der Waals surface area contributed by atoms with E-state index in [1.54, 1.807) is 0 Å². The Bertz CT molecular complexity index is 300. The zero-order valence-corrected chi connectivity index (χ0v) is 6.75. The van der Waals surface area contributed by atoms with Crippen LogP contribution in [0.2, 0.25) is 0 Å². The largest absolute Gasteiger partial charge is 0.420 e. The van der Waals surface area contributed by atoms with Crippen LogP contribution in [-0.4, -0.2) is 61.6 Å². The SMILES string of the molecule is O=[11C]1O[C@]2(O)[C@@H](O)CO[C@@]2(O)C1(O)O. The molecule has 0 bridgehead atoms. The maximum Gasteiger partial charge on any atom is 0.375 e. The van der Waals surface area contributed by atoms with E-state index >= 15 is 0 Å². The summed E-state index contributed by atoms with van der Waals surface area (Å²) in [5.74, 6) is -11.0. The highest BCUT2D eigenvalue weighted by atomic mass is 16.8. The summed E-state index contributed by atoms with van der Waals surface area (Å²) in [7, 11) is 0. The van der Waals surface area contributed by atoms with Gasteiger partial charge in [-0.3, -0.25) is 0 Å². The predicted octanol–water partition coefficient (Wildman–Crippen LogP) is -4.01. The van der Waals surface area contributed by atoms with E-state index in [0.29, 0.717) is 0 Å². The topological polar surface area (TPSA) is 137 Å². The lowest BCUT2D eigenvalue weighted by molar-refractivity contribution is -0.382. The molecule has 0 saturated carbocycles. The number of carbonyl (C=O) groups is 1. The number of fused-ring (bicyclic) bond motifs is 1. The third-order valence-electron chi connectivity index (χ3n) is 2.39. The minimum atomic E-state index is -3.40. The van der Waals surface area contributed by atoms with Crippen LogP contribution in [0, 0.1) is 0 Å². The standard InChI is InChI=1S/C6H8O8/c7-2-1-13-6(12)4(9,10)3(8)14-5(2,6)11/h2,7,9-12H,1H2/t2-,5+,6-/m0/s1/i3-1. The van der Waals surface area contributed by atoms with E-state index < -0.39 is 36.0 Å². The van der Waals surface area contributed by atoms with Crippen LogP contribution < -0.4 is 0 Å². The number of hydrogen-bond donors (Lipinski definition) is 5. The first-order chi connectivity index (χ1) is 6.26. The number of aliphatic hydroxyl groups is 5. The van der Waals surface area contributed by atoms with Gasteiger partial charge in [0, 0.05) is 0 Å². The minimum Gasteiger partial charge on any atom is -0.420 e. The molecule has 2 rings (SSSR count). The van der Waals surface area contributed by atoms with Crippen molar-refractivity contribution in [1.29, 1.82) is 0 Å². The number of rotatable bonds is 0. The molecule has 5 N–H and O–H groups in total. The third-order valence-corrected chi connectivity index (χ3v) is 2.39. The first-order valence-electron chi connectivity index (χ1n) is 3.70. The maximum atomic E-state index is 10.8. The highest BCUT2D eigenvalue weighted by Gasteiger charge is 2.82. The fourth-order valence-electron chi connectivity index (χ4n) is 1.48. The lowest BCUT2D eigenvalue weighted by Crippen LogP contribution is -2.63. The van der Waals surface area contributed by atoms with Gasteiger partial charge in [-0.15, -0.1) is 0 Å². The molecule has 2 fully saturated rings. The van der Waals surface area contributed by atoms with Crippen LogP contribution in [0.1, 0.15) is 0 Å². The van der Waals surface area contributed by atoms with Crippen molar-refractivity contribution in [3.05, 3.63) is 0 Å². The fourth-order valence-corrected chi connectivity index (χ4v) is 1.48. The second-order valence-corrected chi connectivity index (χ2v) is 3.23. The number of hydrogen-bond acceptors (Lipinski definition) is 8. The van der Waals surface area contributed by atoms with Gasteiger partial charge in [-0.25, -0.2) is 4.79 Å². The minimum absolute atomic E-state index is 0.594. The van der Waals surface area contributed by atoms with Crippen LogP contribution in [0.4, 0.5) is 0 Å². The van der Waals surface area contributed by atoms with Gasteiger partial charge in [0.25, 0.3) is 0 Å². The smallest absolute Gasteiger partial charge is 0.375 e. The summed E-state index contributed by atoms with van der Waals surface area (Å²) in [4.78, 5) is 10.8. The van der Waals surface area contributed by atoms with Crippen molar-refractivity contribution in [2.24, 2.45) is 0 Å². The van der Waals surface area contributed by atoms with Gasteiger partial charge >= 0.3 is 23.3 Å². The van der Waals surface area contributed by atoms with Gasteiger partial charge in [0.05, 0.1) is 6.61 Å². The summed E-state index contributed by atoms with van der Waals surface area (Å²) in [6.07, 6.45) is -1.75. The van der Waals surface area contributed by atoms with Crippen molar-refractivity contribution in [3.63, 3.8) is 0 Å². The number of ether oxygens (including phenoxy) is 2. The summed E-state index contributed by atoms with van der Waals surface area (Å²) in [5, 5.41) is 46.3. The Labute approximate surface area is 76.9 Å². The summed E-state index contributed by atoms with van der Waals surface area (Å²) < 4.78 is 8.47. The van der Waals surface area contributed by atoms with Crippen LogP contribution in [0.5, 0.6) is 0 Å². The van der Waals surface area contributed by atoms with E-state index in [0.717, 1.165) is 0 Å². The lowest BCUT2D eigenvalue weighted by Gasteiger charge is -2.31. The Morgan fingerprint density at radius 2 is 1.86 bits per heavy atom. The molecule has 8 heteroatoms. The molecule has 2 aliphatic rings. The van der Waals surface area contributed by atoms with E-state index in [1.165, 1.54) is 0 Å². The average Bonchev–Trinajstić information content (AvgIpc) is 2.37. The van der Waals surface area contributed by atoms with Gasteiger partial charge in [0.2, 0.25) is 0 Å². The fraction of sp³-hybridized carbons (Fsp3) is 0.833. The molecule has 80 valence electrons. The molecule has 0 aromatic carbocycles. The Morgan fingerprint density at radius 1 is 1.29 bits per heavy atom. The van der Waals surface area contributed by atoms with Crippen molar-refractivity contribution in [2.75, 3.05) is 6.61 Å². The van der Waals surface area contributed by atoms with Crippen molar-refractivity contribution >= 4 is 5.97 Å². The average molecular weight is 207 g/mol. The molecule has 0 aromatic heterocycles. The maximum absolute atomic E-state index is 10.8. The summed E-state index contributed by atoms with van der Waals surface area (Å²) in [6, 6.07) is 0.